The highest BCUT2D eigenvalue weighted by Gasteiger charge is 2.44. The third kappa shape index (κ3) is 3.00. The van der Waals surface area contributed by atoms with Gasteiger partial charge in [0, 0.05) is 24.6 Å². The molecule has 1 aliphatic carbocycles. The molecule has 1 unspecified atom stereocenters. The smallest absolute Gasteiger partial charge is 0.0631 e. The van der Waals surface area contributed by atoms with Gasteiger partial charge in [0.25, 0.3) is 0 Å². The van der Waals surface area contributed by atoms with E-state index in [9.17, 15) is 5.11 Å². The molecular formula is C15H27N3O. The number of aliphatic hydroxyl groups excluding tert-OH is 1. The second kappa shape index (κ2) is 6.06. The number of hydrogen-bond acceptors (Lipinski definition) is 3. The maximum absolute atomic E-state index is 9.74. The molecule has 2 rings (SSSR count). The van der Waals surface area contributed by atoms with Crippen LogP contribution in [0.4, 0.5) is 0 Å². The minimum Gasteiger partial charge on any atom is -0.396 e. The molecular weight excluding hydrogens is 238 g/mol. The van der Waals surface area contributed by atoms with Gasteiger partial charge in [0.1, 0.15) is 0 Å². The lowest BCUT2D eigenvalue weighted by molar-refractivity contribution is 0.107. The lowest BCUT2D eigenvalue weighted by Crippen LogP contribution is -2.38. The summed E-state index contributed by atoms with van der Waals surface area (Å²) in [5.74, 6) is 0.584. The van der Waals surface area contributed by atoms with Gasteiger partial charge in [-0.3, -0.25) is 4.68 Å². The van der Waals surface area contributed by atoms with Gasteiger partial charge in [-0.05, 0) is 37.7 Å². The fourth-order valence-electron chi connectivity index (χ4n) is 3.03. The SMILES string of the molecule is CCC(CC)n1ccc(CC(CN)(CO)C2CC2)n1. The molecule has 0 aliphatic heterocycles. The number of hydrogen-bond donors (Lipinski definition) is 2. The van der Waals surface area contributed by atoms with Gasteiger partial charge in [-0.2, -0.15) is 5.10 Å². The summed E-state index contributed by atoms with van der Waals surface area (Å²) in [6.07, 6.45) is 7.47. The molecule has 1 saturated carbocycles. The summed E-state index contributed by atoms with van der Waals surface area (Å²) in [5.41, 5.74) is 6.85. The van der Waals surface area contributed by atoms with Gasteiger partial charge in [0.15, 0.2) is 0 Å². The predicted molar refractivity (Wildman–Crippen MR) is 76.8 cm³/mol. The standard InChI is InChI=1S/C15H27N3O/c1-3-14(4-2)18-8-7-13(17-18)9-15(10-16,11-19)12-5-6-12/h7-8,12,14,19H,3-6,9-11,16H2,1-2H3. The fourth-order valence-corrected chi connectivity index (χ4v) is 3.03. The molecule has 0 spiro atoms. The summed E-state index contributed by atoms with van der Waals surface area (Å²) in [7, 11) is 0. The maximum Gasteiger partial charge on any atom is 0.0631 e. The Kier molecular flexibility index (Phi) is 4.63. The zero-order valence-corrected chi connectivity index (χ0v) is 12.2. The van der Waals surface area contributed by atoms with Crippen molar-refractivity contribution in [3.8, 4) is 0 Å². The second-order valence-electron chi connectivity index (χ2n) is 5.93. The Balaban J connectivity index is 2.10. The Morgan fingerprint density at radius 3 is 2.63 bits per heavy atom. The fraction of sp³-hybridized carbons (Fsp3) is 0.800. The highest BCUT2D eigenvalue weighted by atomic mass is 16.3. The van der Waals surface area contributed by atoms with Gasteiger partial charge in [-0.15, -0.1) is 0 Å². The molecule has 1 aromatic heterocycles. The van der Waals surface area contributed by atoms with E-state index in [0.717, 1.165) is 25.0 Å². The van der Waals surface area contributed by atoms with E-state index < -0.39 is 0 Å². The van der Waals surface area contributed by atoms with E-state index in [4.69, 9.17) is 10.8 Å². The first-order valence-electron chi connectivity index (χ1n) is 7.54. The van der Waals surface area contributed by atoms with Crippen LogP contribution in [0, 0.1) is 11.3 Å². The topological polar surface area (TPSA) is 64.1 Å². The minimum atomic E-state index is -0.146. The van der Waals surface area contributed by atoms with Gasteiger partial charge < -0.3 is 10.8 Å². The highest BCUT2D eigenvalue weighted by Crippen LogP contribution is 2.46. The molecule has 0 bridgehead atoms. The van der Waals surface area contributed by atoms with E-state index in [1.807, 2.05) is 0 Å². The molecule has 0 amide bonds. The van der Waals surface area contributed by atoms with Crippen LogP contribution >= 0.6 is 0 Å². The quantitative estimate of drug-likeness (QED) is 0.757. The molecule has 4 nitrogen and oxygen atoms in total. The monoisotopic (exact) mass is 265 g/mol. The third-order valence-corrected chi connectivity index (χ3v) is 4.68. The Labute approximate surface area is 116 Å². The number of nitrogens with zero attached hydrogens (tertiary/aromatic N) is 2. The largest absolute Gasteiger partial charge is 0.396 e. The number of aromatic nitrogens is 2. The van der Waals surface area contributed by atoms with Crippen molar-refractivity contribution in [1.29, 1.82) is 0 Å². The van der Waals surface area contributed by atoms with Gasteiger partial charge in [0.05, 0.1) is 18.3 Å². The van der Waals surface area contributed by atoms with E-state index in [1.54, 1.807) is 0 Å². The van der Waals surface area contributed by atoms with Gasteiger partial charge >= 0.3 is 0 Å². The van der Waals surface area contributed by atoms with Gasteiger partial charge in [0.2, 0.25) is 0 Å². The van der Waals surface area contributed by atoms with Gasteiger partial charge in [-0.1, -0.05) is 13.8 Å². The summed E-state index contributed by atoms with van der Waals surface area (Å²) in [5, 5.41) is 14.4. The van der Waals surface area contributed by atoms with Crippen LogP contribution in [0.3, 0.4) is 0 Å². The van der Waals surface area contributed by atoms with Crippen molar-refractivity contribution < 1.29 is 5.11 Å². The molecule has 0 radical (unpaired) electrons. The van der Waals surface area contributed by atoms with E-state index in [1.165, 1.54) is 12.8 Å². The summed E-state index contributed by atoms with van der Waals surface area (Å²) < 4.78 is 2.07. The van der Waals surface area contributed by atoms with E-state index in [2.05, 4.69) is 30.8 Å². The Bertz CT molecular complexity index is 390. The molecule has 1 aliphatic rings. The zero-order chi connectivity index (χ0) is 13.9. The summed E-state index contributed by atoms with van der Waals surface area (Å²) >= 11 is 0. The van der Waals surface area contributed by atoms with Crippen molar-refractivity contribution in [3.63, 3.8) is 0 Å². The van der Waals surface area contributed by atoms with E-state index >= 15 is 0 Å². The van der Waals surface area contributed by atoms with Gasteiger partial charge in [-0.25, -0.2) is 0 Å². The summed E-state index contributed by atoms with van der Waals surface area (Å²) in [6.45, 7) is 5.10. The van der Waals surface area contributed by atoms with Crippen LogP contribution in [0.5, 0.6) is 0 Å². The van der Waals surface area contributed by atoms with Crippen molar-refractivity contribution >= 4 is 0 Å². The predicted octanol–water partition coefficient (Wildman–Crippen LogP) is 2.13. The molecule has 1 aromatic rings. The first kappa shape index (κ1) is 14.5. The third-order valence-electron chi connectivity index (χ3n) is 4.68. The molecule has 0 aromatic carbocycles. The maximum atomic E-state index is 9.74. The minimum absolute atomic E-state index is 0.146. The average molecular weight is 265 g/mol. The van der Waals surface area contributed by atoms with E-state index in [-0.39, 0.29) is 12.0 Å². The summed E-state index contributed by atoms with van der Waals surface area (Å²) in [6, 6.07) is 2.57. The normalized spacial score (nSPS) is 18.8. The molecule has 1 fully saturated rings. The number of rotatable bonds is 8. The number of aliphatic hydroxyl groups is 1. The Hall–Kier alpha value is -0.870. The zero-order valence-electron chi connectivity index (χ0n) is 12.2. The van der Waals surface area contributed by atoms with Crippen LogP contribution in [0.1, 0.15) is 51.3 Å². The van der Waals surface area contributed by atoms with Crippen LogP contribution in [0.15, 0.2) is 12.3 Å². The molecule has 1 atom stereocenters. The first-order chi connectivity index (χ1) is 9.19. The highest BCUT2D eigenvalue weighted by molar-refractivity contribution is 5.08. The van der Waals surface area contributed by atoms with E-state index in [0.29, 0.717) is 18.5 Å². The molecule has 3 N–H and O–H groups in total. The molecule has 0 saturated heterocycles. The average Bonchev–Trinajstić information content (AvgIpc) is 3.20. The van der Waals surface area contributed by atoms with Crippen LogP contribution in [-0.2, 0) is 6.42 Å². The van der Waals surface area contributed by atoms with Crippen LogP contribution in [0.2, 0.25) is 0 Å². The van der Waals surface area contributed by atoms with Crippen molar-refractivity contribution in [2.24, 2.45) is 17.1 Å². The van der Waals surface area contributed by atoms with Crippen LogP contribution < -0.4 is 5.73 Å². The van der Waals surface area contributed by atoms with Crippen LogP contribution in [-0.4, -0.2) is 28.0 Å². The molecule has 4 heteroatoms. The molecule has 108 valence electrons. The molecule has 1 heterocycles. The lowest BCUT2D eigenvalue weighted by atomic mass is 9.79. The van der Waals surface area contributed by atoms with Crippen LogP contribution in [0.25, 0.3) is 0 Å². The number of nitrogens with two attached hydrogens (primary N) is 1. The first-order valence-corrected chi connectivity index (χ1v) is 7.54. The second-order valence-corrected chi connectivity index (χ2v) is 5.93. The molecule has 19 heavy (non-hydrogen) atoms. The Morgan fingerprint density at radius 2 is 2.16 bits per heavy atom. The summed E-state index contributed by atoms with van der Waals surface area (Å²) in [4.78, 5) is 0. The Morgan fingerprint density at radius 1 is 1.47 bits per heavy atom. The van der Waals surface area contributed by atoms with Crippen molar-refractivity contribution in [2.45, 2.75) is 52.0 Å². The lowest BCUT2D eigenvalue weighted by Gasteiger charge is -2.29. The van der Waals surface area contributed by atoms with Crippen molar-refractivity contribution in [1.82, 2.24) is 9.78 Å². The van der Waals surface area contributed by atoms with Crippen molar-refractivity contribution in [2.75, 3.05) is 13.2 Å². The van der Waals surface area contributed by atoms with Crippen molar-refractivity contribution in [3.05, 3.63) is 18.0 Å².